The Bertz CT molecular complexity index is 732. The van der Waals surface area contributed by atoms with Gasteiger partial charge in [0.05, 0.1) is 20.3 Å². The second-order valence-corrected chi connectivity index (χ2v) is 5.09. The van der Waals surface area contributed by atoms with E-state index in [1.165, 1.54) is 11.1 Å². The normalized spacial score (nSPS) is 11.0. The molecule has 0 amide bonds. The minimum Gasteiger partial charge on any atom is -0.497 e. The van der Waals surface area contributed by atoms with Crippen molar-refractivity contribution in [2.75, 3.05) is 14.2 Å². The Hall–Kier alpha value is -2.73. The van der Waals surface area contributed by atoms with Crippen LogP contribution >= 0.6 is 0 Å². The molecule has 0 aliphatic rings. The molecule has 0 saturated carbocycles. The summed E-state index contributed by atoms with van der Waals surface area (Å²) in [6.07, 6.45) is 1.55. The van der Waals surface area contributed by atoms with Gasteiger partial charge in [-0.2, -0.15) is 5.26 Å². The molecule has 22 heavy (non-hydrogen) atoms. The predicted molar refractivity (Wildman–Crippen MR) is 88.2 cm³/mol. The van der Waals surface area contributed by atoms with Gasteiger partial charge in [-0.25, -0.2) is 0 Å². The number of rotatable bonds is 4. The van der Waals surface area contributed by atoms with Crippen molar-refractivity contribution < 1.29 is 9.47 Å². The van der Waals surface area contributed by atoms with Crippen molar-refractivity contribution in [2.24, 2.45) is 0 Å². The molecule has 0 heterocycles. The summed E-state index contributed by atoms with van der Waals surface area (Å²) in [5.74, 6) is 1.39. The summed E-state index contributed by atoms with van der Waals surface area (Å²) in [6.45, 7) is 4.14. The van der Waals surface area contributed by atoms with E-state index in [2.05, 4.69) is 32.0 Å². The first-order valence-electron chi connectivity index (χ1n) is 7.00. The van der Waals surface area contributed by atoms with Gasteiger partial charge in [-0.05, 0) is 53.8 Å². The average Bonchev–Trinajstić information content (AvgIpc) is 2.54. The molecule has 0 atom stereocenters. The minimum atomic E-state index is 0.696. The number of nitriles is 1. The van der Waals surface area contributed by atoms with Gasteiger partial charge in [0.15, 0.2) is 0 Å². The number of allylic oxidation sites excluding steroid dienone is 1. The number of methoxy groups -OCH3 is 2. The lowest BCUT2D eigenvalue weighted by molar-refractivity contribution is 0.394. The van der Waals surface area contributed by atoms with Crippen molar-refractivity contribution >= 4 is 5.57 Å². The lowest BCUT2D eigenvalue weighted by Crippen LogP contribution is -1.94. The highest BCUT2D eigenvalue weighted by atomic mass is 16.5. The maximum Gasteiger partial charge on any atom is 0.123 e. The van der Waals surface area contributed by atoms with Crippen LogP contribution in [0.15, 0.2) is 42.5 Å². The van der Waals surface area contributed by atoms with Crippen LogP contribution in [0.3, 0.4) is 0 Å². The van der Waals surface area contributed by atoms with Crippen LogP contribution < -0.4 is 9.47 Å². The van der Waals surface area contributed by atoms with Crippen LogP contribution in [0, 0.1) is 25.2 Å². The topological polar surface area (TPSA) is 42.2 Å². The minimum absolute atomic E-state index is 0.696. The third-order valence-corrected chi connectivity index (χ3v) is 3.69. The van der Waals surface area contributed by atoms with Gasteiger partial charge in [0, 0.05) is 12.1 Å². The Labute approximate surface area is 131 Å². The van der Waals surface area contributed by atoms with Gasteiger partial charge in [-0.15, -0.1) is 0 Å². The van der Waals surface area contributed by atoms with Crippen LogP contribution in [0.2, 0.25) is 0 Å². The SMILES string of the molecule is COc1cc(OC)cc(/C(=C/C#N)c2ccc(C)c(C)c2)c1. The molecule has 2 aromatic carbocycles. The van der Waals surface area contributed by atoms with Crippen LogP contribution in [-0.2, 0) is 0 Å². The van der Waals surface area contributed by atoms with Crippen molar-refractivity contribution in [1.29, 1.82) is 5.26 Å². The van der Waals surface area contributed by atoms with Crippen LogP contribution in [-0.4, -0.2) is 14.2 Å². The fourth-order valence-electron chi connectivity index (χ4n) is 2.27. The summed E-state index contributed by atoms with van der Waals surface area (Å²) in [7, 11) is 3.23. The second-order valence-electron chi connectivity index (χ2n) is 5.09. The van der Waals surface area contributed by atoms with Crippen molar-refractivity contribution in [2.45, 2.75) is 13.8 Å². The summed E-state index contributed by atoms with van der Waals surface area (Å²) in [6, 6.07) is 13.9. The van der Waals surface area contributed by atoms with E-state index in [1.807, 2.05) is 24.3 Å². The highest BCUT2D eigenvalue weighted by Crippen LogP contribution is 2.31. The quantitative estimate of drug-likeness (QED) is 0.790. The Kier molecular flexibility index (Phi) is 4.85. The van der Waals surface area contributed by atoms with Crippen molar-refractivity contribution in [3.8, 4) is 17.6 Å². The van der Waals surface area contributed by atoms with E-state index in [0.717, 1.165) is 16.7 Å². The third kappa shape index (κ3) is 3.29. The molecular formula is C19H19NO2. The second kappa shape index (κ2) is 6.82. The molecule has 0 aromatic heterocycles. The largest absolute Gasteiger partial charge is 0.497 e. The highest BCUT2D eigenvalue weighted by molar-refractivity contribution is 5.82. The maximum atomic E-state index is 9.15. The number of hydrogen-bond donors (Lipinski definition) is 0. The van der Waals surface area contributed by atoms with Gasteiger partial charge >= 0.3 is 0 Å². The predicted octanol–water partition coefficient (Wildman–Crippen LogP) is 4.28. The molecule has 3 nitrogen and oxygen atoms in total. The Morgan fingerprint density at radius 2 is 1.55 bits per heavy atom. The fourth-order valence-corrected chi connectivity index (χ4v) is 2.27. The fraction of sp³-hybridized carbons (Fsp3) is 0.211. The number of ether oxygens (including phenoxy) is 2. The van der Waals surface area contributed by atoms with Gasteiger partial charge in [0.2, 0.25) is 0 Å². The molecule has 0 spiro atoms. The van der Waals surface area contributed by atoms with Crippen LogP contribution in [0.5, 0.6) is 11.5 Å². The van der Waals surface area contributed by atoms with Crippen molar-refractivity contribution in [1.82, 2.24) is 0 Å². The number of nitrogens with zero attached hydrogens (tertiary/aromatic N) is 1. The van der Waals surface area contributed by atoms with Gasteiger partial charge in [-0.1, -0.05) is 18.2 Å². The molecule has 112 valence electrons. The Morgan fingerprint density at radius 3 is 2.05 bits per heavy atom. The summed E-state index contributed by atoms with van der Waals surface area (Å²) in [5, 5.41) is 9.15. The molecule has 2 rings (SSSR count). The summed E-state index contributed by atoms with van der Waals surface area (Å²) < 4.78 is 10.6. The van der Waals surface area contributed by atoms with E-state index in [-0.39, 0.29) is 0 Å². The first-order valence-corrected chi connectivity index (χ1v) is 7.00. The zero-order valence-electron chi connectivity index (χ0n) is 13.3. The molecule has 0 fully saturated rings. The van der Waals surface area contributed by atoms with Crippen molar-refractivity contribution in [3.63, 3.8) is 0 Å². The molecule has 0 saturated heterocycles. The molecule has 3 heteroatoms. The maximum absolute atomic E-state index is 9.15. The summed E-state index contributed by atoms with van der Waals surface area (Å²) in [5.41, 5.74) is 5.16. The molecule has 0 aliphatic carbocycles. The number of aryl methyl sites for hydroxylation is 2. The van der Waals surface area contributed by atoms with Gasteiger partial charge in [0.1, 0.15) is 11.5 Å². The van der Waals surface area contributed by atoms with E-state index < -0.39 is 0 Å². The third-order valence-electron chi connectivity index (χ3n) is 3.69. The van der Waals surface area contributed by atoms with Crippen LogP contribution in [0.1, 0.15) is 22.3 Å². The van der Waals surface area contributed by atoms with E-state index >= 15 is 0 Å². The smallest absolute Gasteiger partial charge is 0.123 e. The number of benzene rings is 2. The monoisotopic (exact) mass is 293 g/mol. The molecule has 0 N–H and O–H groups in total. The molecule has 0 aliphatic heterocycles. The zero-order valence-corrected chi connectivity index (χ0v) is 13.3. The van der Waals surface area contributed by atoms with Gasteiger partial charge < -0.3 is 9.47 Å². The first kappa shape index (κ1) is 15.7. The summed E-state index contributed by atoms with van der Waals surface area (Å²) >= 11 is 0. The highest BCUT2D eigenvalue weighted by Gasteiger charge is 2.10. The Morgan fingerprint density at radius 1 is 0.909 bits per heavy atom. The standard InChI is InChI=1S/C19H19NO2/c1-13-5-6-15(9-14(13)2)19(7-8-20)16-10-17(21-3)12-18(11-16)22-4/h5-7,9-12H,1-4H3/b19-7+. The first-order chi connectivity index (χ1) is 10.6. The zero-order chi connectivity index (χ0) is 16.1. The average molecular weight is 293 g/mol. The lowest BCUT2D eigenvalue weighted by Gasteiger charge is -2.12. The van der Waals surface area contributed by atoms with E-state index in [0.29, 0.717) is 11.5 Å². The number of hydrogen-bond acceptors (Lipinski definition) is 3. The molecule has 0 unspecified atom stereocenters. The van der Waals surface area contributed by atoms with Gasteiger partial charge in [0.25, 0.3) is 0 Å². The van der Waals surface area contributed by atoms with E-state index in [9.17, 15) is 0 Å². The Balaban J connectivity index is 2.60. The van der Waals surface area contributed by atoms with Crippen LogP contribution in [0.4, 0.5) is 0 Å². The molecule has 0 bridgehead atoms. The van der Waals surface area contributed by atoms with Crippen molar-refractivity contribution in [3.05, 3.63) is 64.7 Å². The summed E-state index contributed by atoms with van der Waals surface area (Å²) in [4.78, 5) is 0. The molecule has 0 radical (unpaired) electrons. The molecule has 2 aromatic rings. The molecular weight excluding hydrogens is 274 g/mol. The van der Waals surface area contributed by atoms with E-state index in [1.54, 1.807) is 20.3 Å². The lowest BCUT2D eigenvalue weighted by atomic mass is 9.94. The van der Waals surface area contributed by atoms with E-state index in [4.69, 9.17) is 14.7 Å². The van der Waals surface area contributed by atoms with Gasteiger partial charge in [-0.3, -0.25) is 0 Å². The van der Waals surface area contributed by atoms with Crippen LogP contribution in [0.25, 0.3) is 5.57 Å².